The van der Waals surface area contributed by atoms with Gasteiger partial charge < -0.3 is 14.2 Å². The number of nitro benzene ring substituents is 1. The van der Waals surface area contributed by atoms with Crippen molar-refractivity contribution in [1.82, 2.24) is 5.43 Å². The van der Waals surface area contributed by atoms with Crippen LogP contribution in [0.2, 0.25) is 0 Å². The summed E-state index contributed by atoms with van der Waals surface area (Å²) in [5.41, 5.74) is 2.40. The summed E-state index contributed by atoms with van der Waals surface area (Å²) in [6.07, 6.45) is 0.186. The van der Waals surface area contributed by atoms with Gasteiger partial charge in [-0.1, -0.05) is 28.1 Å². The monoisotopic (exact) mass is 603 g/mol. The number of fused-ring (bicyclic) bond motifs is 1. The Labute approximate surface area is 215 Å². The first-order chi connectivity index (χ1) is 16.8. The number of hydrazone groups is 1. The van der Waals surface area contributed by atoms with Crippen molar-refractivity contribution in [2.45, 2.75) is 6.10 Å². The van der Waals surface area contributed by atoms with Gasteiger partial charge in [-0.25, -0.2) is 10.2 Å². The molecule has 0 aromatic heterocycles. The summed E-state index contributed by atoms with van der Waals surface area (Å²) in [5.74, 6) is -0.329. The Morgan fingerprint density at radius 2 is 1.83 bits per heavy atom. The van der Waals surface area contributed by atoms with Crippen LogP contribution in [0.3, 0.4) is 0 Å². The van der Waals surface area contributed by atoms with Crippen LogP contribution in [-0.2, 0) is 4.79 Å². The van der Waals surface area contributed by atoms with Crippen molar-refractivity contribution in [3.63, 3.8) is 0 Å². The third-order valence-corrected chi connectivity index (χ3v) is 5.84. The molecule has 0 aliphatic carbocycles. The molecule has 3 aromatic carbocycles. The Morgan fingerprint density at radius 3 is 2.54 bits per heavy atom. The normalized spacial score (nSPS) is 14.4. The quantitative estimate of drug-likeness (QED) is 0.143. The molecule has 0 bridgehead atoms. The van der Waals surface area contributed by atoms with E-state index in [1.54, 1.807) is 48.5 Å². The minimum atomic E-state index is -0.950. The highest BCUT2D eigenvalue weighted by atomic mass is 79.9. The number of non-ortho nitro benzene ring substituents is 1. The molecule has 178 valence electrons. The fraction of sp³-hybridized carbons (Fsp3) is 0.0870. The van der Waals surface area contributed by atoms with Crippen molar-refractivity contribution in [2.75, 3.05) is 6.61 Å². The van der Waals surface area contributed by atoms with E-state index in [1.165, 1.54) is 12.1 Å². The van der Waals surface area contributed by atoms with Crippen molar-refractivity contribution in [3.8, 4) is 17.2 Å². The van der Waals surface area contributed by atoms with Gasteiger partial charge in [-0.3, -0.25) is 14.9 Å². The number of nitrogens with one attached hydrogen (secondary N) is 1. The number of hydrogen-bond donors (Lipinski definition) is 1. The van der Waals surface area contributed by atoms with Crippen LogP contribution < -0.4 is 19.6 Å². The number of amides is 1. The molecule has 0 fully saturated rings. The lowest BCUT2D eigenvalue weighted by Crippen LogP contribution is -2.42. The summed E-state index contributed by atoms with van der Waals surface area (Å²) in [4.78, 5) is 35.8. The van der Waals surface area contributed by atoms with Gasteiger partial charge in [0.15, 0.2) is 17.2 Å². The summed E-state index contributed by atoms with van der Waals surface area (Å²) in [5, 5.41) is 15.2. The van der Waals surface area contributed by atoms with Gasteiger partial charge in [-0.05, 0) is 52.3 Å². The van der Waals surface area contributed by atoms with E-state index < -0.39 is 22.9 Å². The average Bonchev–Trinajstić information content (AvgIpc) is 2.85. The number of esters is 1. The lowest BCUT2D eigenvalue weighted by atomic mass is 10.2. The molecule has 1 aliphatic heterocycles. The molecule has 4 rings (SSSR count). The van der Waals surface area contributed by atoms with Crippen LogP contribution in [-0.4, -0.2) is 35.7 Å². The molecule has 0 spiro atoms. The summed E-state index contributed by atoms with van der Waals surface area (Å²) in [7, 11) is 0. The van der Waals surface area contributed by atoms with Crippen LogP contribution in [0.15, 0.2) is 74.7 Å². The van der Waals surface area contributed by atoms with Gasteiger partial charge in [0, 0.05) is 22.2 Å². The van der Waals surface area contributed by atoms with E-state index in [-0.39, 0.29) is 33.6 Å². The number of hydrogen-bond acceptors (Lipinski definition) is 8. The summed E-state index contributed by atoms with van der Waals surface area (Å²) < 4.78 is 17.5. The van der Waals surface area contributed by atoms with Crippen LogP contribution in [0, 0.1) is 10.1 Å². The Balaban J connectivity index is 1.52. The van der Waals surface area contributed by atoms with Crippen LogP contribution in [0.25, 0.3) is 0 Å². The smallest absolute Gasteiger partial charge is 0.343 e. The third-order valence-electron chi connectivity index (χ3n) is 4.72. The van der Waals surface area contributed by atoms with Crippen LogP contribution in [0.1, 0.15) is 15.9 Å². The first-order valence-corrected chi connectivity index (χ1v) is 11.6. The third kappa shape index (κ3) is 5.84. The van der Waals surface area contributed by atoms with E-state index in [4.69, 9.17) is 14.2 Å². The summed E-state index contributed by atoms with van der Waals surface area (Å²) >= 11 is 6.49. The van der Waals surface area contributed by atoms with E-state index in [9.17, 15) is 19.7 Å². The lowest BCUT2D eigenvalue weighted by Gasteiger charge is -2.24. The largest absolute Gasteiger partial charge is 0.485 e. The van der Waals surface area contributed by atoms with Gasteiger partial charge in [-0.2, -0.15) is 5.10 Å². The zero-order valence-corrected chi connectivity index (χ0v) is 20.8. The molecule has 10 nitrogen and oxygen atoms in total. The number of carbonyl (C=O) groups excluding carboxylic acids is 2. The Kier molecular flexibility index (Phi) is 7.42. The number of carbonyl (C=O) groups is 2. The molecule has 0 saturated carbocycles. The van der Waals surface area contributed by atoms with Crippen LogP contribution in [0.5, 0.6) is 17.2 Å². The van der Waals surface area contributed by atoms with Crippen molar-refractivity contribution >= 4 is 55.6 Å². The first-order valence-electron chi connectivity index (χ1n) is 9.99. The zero-order valence-electron chi connectivity index (χ0n) is 17.6. The highest BCUT2D eigenvalue weighted by Gasteiger charge is 2.27. The zero-order chi connectivity index (χ0) is 24.9. The SMILES string of the molecule is O=C(Oc1c(Br)cc([N+](=O)[O-])cc1/C=N\NC(=O)[C@@H]1COc2ccccc2O1)c1ccc(Br)cc1. The fourth-order valence-electron chi connectivity index (χ4n) is 3.03. The maximum atomic E-state index is 12.6. The standard InChI is InChI=1S/C23H15Br2N3O7/c24-15-7-5-13(6-8-15)23(30)35-21-14(9-16(28(31)32)10-17(21)25)11-26-27-22(29)20-12-33-18-3-1-2-4-19(18)34-20/h1-11,20H,12H2,(H,27,29)/b26-11-/t20-/m0/s1. The maximum absolute atomic E-state index is 12.6. The minimum absolute atomic E-state index is 0.00676. The minimum Gasteiger partial charge on any atom is -0.485 e. The number of para-hydroxylation sites is 2. The van der Waals surface area contributed by atoms with Gasteiger partial charge in [0.2, 0.25) is 6.10 Å². The molecule has 1 amide bonds. The van der Waals surface area contributed by atoms with Gasteiger partial charge in [0.25, 0.3) is 11.6 Å². The second-order valence-corrected chi connectivity index (χ2v) is 8.87. The van der Waals surface area contributed by atoms with Crippen molar-refractivity contribution in [1.29, 1.82) is 0 Å². The van der Waals surface area contributed by atoms with Gasteiger partial charge >= 0.3 is 5.97 Å². The average molecular weight is 605 g/mol. The molecule has 0 unspecified atom stereocenters. The van der Waals surface area contributed by atoms with E-state index in [2.05, 4.69) is 42.4 Å². The topological polar surface area (TPSA) is 129 Å². The van der Waals surface area contributed by atoms with E-state index in [0.717, 1.165) is 10.7 Å². The number of ether oxygens (including phenoxy) is 3. The molecule has 35 heavy (non-hydrogen) atoms. The summed E-state index contributed by atoms with van der Waals surface area (Å²) in [6.45, 7) is -0.0171. The molecular weight excluding hydrogens is 590 g/mol. The van der Waals surface area contributed by atoms with Gasteiger partial charge in [0.1, 0.15) is 6.61 Å². The molecule has 0 saturated heterocycles. The number of rotatable bonds is 6. The molecule has 3 aromatic rings. The maximum Gasteiger partial charge on any atom is 0.343 e. The number of halogens is 2. The first kappa shape index (κ1) is 24.4. The van der Waals surface area contributed by atoms with Crippen molar-refractivity contribution in [2.24, 2.45) is 5.10 Å². The van der Waals surface area contributed by atoms with E-state index >= 15 is 0 Å². The fourth-order valence-corrected chi connectivity index (χ4v) is 3.84. The van der Waals surface area contributed by atoms with Crippen LogP contribution >= 0.6 is 31.9 Å². The number of nitrogens with zero attached hydrogens (tertiary/aromatic N) is 2. The Bertz CT molecular complexity index is 1330. The lowest BCUT2D eigenvalue weighted by molar-refractivity contribution is -0.385. The second kappa shape index (κ2) is 10.7. The molecule has 0 radical (unpaired) electrons. The van der Waals surface area contributed by atoms with Crippen LogP contribution in [0.4, 0.5) is 5.69 Å². The molecule has 1 N–H and O–H groups in total. The summed E-state index contributed by atoms with van der Waals surface area (Å²) in [6, 6.07) is 15.8. The van der Waals surface area contributed by atoms with Crippen molar-refractivity contribution in [3.05, 3.63) is 90.9 Å². The Morgan fingerprint density at radius 1 is 1.11 bits per heavy atom. The number of benzene rings is 3. The predicted octanol–water partition coefficient (Wildman–Crippen LogP) is 4.63. The van der Waals surface area contributed by atoms with E-state index in [0.29, 0.717) is 11.5 Å². The highest BCUT2D eigenvalue weighted by Crippen LogP contribution is 2.34. The van der Waals surface area contributed by atoms with E-state index in [1.807, 2.05) is 0 Å². The molecule has 1 heterocycles. The highest BCUT2D eigenvalue weighted by molar-refractivity contribution is 9.10. The van der Waals surface area contributed by atoms with Gasteiger partial charge in [-0.15, -0.1) is 0 Å². The molecule has 1 atom stereocenters. The number of nitro groups is 1. The van der Waals surface area contributed by atoms with Crippen molar-refractivity contribution < 1.29 is 28.7 Å². The van der Waals surface area contributed by atoms with Gasteiger partial charge in [0.05, 0.1) is 21.2 Å². The second-order valence-electron chi connectivity index (χ2n) is 7.10. The molecule has 1 aliphatic rings. The predicted molar refractivity (Wildman–Crippen MR) is 132 cm³/mol. The Hall–Kier alpha value is -3.77. The molecular formula is C23H15Br2N3O7. The molecule has 12 heteroatoms.